The first-order valence-corrected chi connectivity index (χ1v) is 8.58. The number of hydrogen-bond acceptors (Lipinski definition) is 5. The first-order chi connectivity index (χ1) is 10.0. The molecule has 6 heteroatoms. The minimum absolute atomic E-state index is 0.141. The number of carboxylic acids is 1. The van der Waals surface area contributed by atoms with Crippen LogP contribution in [0.2, 0.25) is 0 Å². The molecule has 21 heavy (non-hydrogen) atoms. The van der Waals surface area contributed by atoms with E-state index in [9.17, 15) is 4.79 Å². The Labute approximate surface area is 131 Å². The fourth-order valence-electron chi connectivity index (χ4n) is 2.17. The number of aliphatic carboxylic acids is 1. The van der Waals surface area contributed by atoms with E-state index in [1.165, 1.54) is 6.42 Å². The van der Waals surface area contributed by atoms with Gasteiger partial charge < -0.3 is 15.3 Å². The van der Waals surface area contributed by atoms with E-state index in [4.69, 9.17) is 5.11 Å². The largest absolute Gasteiger partial charge is 0.481 e. The highest BCUT2D eigenvalue weighted by molar-refractivity contribution is 7.13. The topological polar surface area (TPSA) is 65.5 Å². The second-order valence-electron chi connectivity index (χ2n) is 5.25. The van der Waals surface area contributed by atoms with Crippen LogP contribution >= 0.6 is 11.3 Å². The van der Waals surface area contributed by atoms with E-state index in [0.29, 0.717) is 12.5 Å². The third-order valence-electron chi connectivity index (χ3n) is 3.52. The summed E-state index contributed by atoms with van der Waals surface area (Å²) < 4.78 is 0. The average molecular weight is 313 g/mol. The van der Waals surface area contributed by atoms with Crippen LogP contribution in [0.1, 0.15) is 45.7 Å². The van der Waals surface area contributed by atoms with E-state index in [0.717, 1.165) is 36.9 Å². The number of nitrogens with one attached hydrogen (secondary N) is 1. The molecular weight excluding hydrogens is 286 g/mol. The van der Waals surface area contributed by atoms with E-state index in [1.807, 2.05) is 5.38 Å². The second-order valence-corrected chi connectivity index (χ2v) is 6.11. The monoisotopic (exact) mass is 313 g/mol. The maximum Gasteiger partial charge on any atom is 0.303 e. The Morgan fingerprint density at radius 2 is 2.19 bits per heavy atom. The Balaban J connectivity index is 2.27. The molecule has 0 saturated carbocycles. The first kappa shape index (κ1) is 17.9. The van der Waals surface area contributed by atoms with Crippen molar-refractivity contribution in [3.05, 3.63) is 11.1 Å². The zero-order valence-electron chi connectivity index (χ0n) is 13.3. The fourth-order valence-corrected chi connectivity index (χ4v) is 3.02. The van der Waals surface area contributed by atoms with Gasteiger partial charge in [0.2, 0.25) is 0 Å². The SMILES string of the molecule is CCN(CC)CCCC(C)Nc1nc(CCC(=O)O)cs1. The quantitative estimate of drug-likeness (QED) is 0.657. The molecule has 0 amide bonds. The Morgan fingerprint density at radius 1 is 1.48 bits per heavy atom. The van der Waals surface area contributed by atoms with Crippen LogP contribution in [0.4, 0.5) is 5.13 Å². The highest BCUT2D eigenvalue weighted by Crippen LogP contribution is 2.18. The van der Waals surface area contributed by atoms with Crippen LogP contribution in [0, 0.1) is 0 Å². The third kappa shape index (κ3) is 7.43. The lowest BCUT2D eigenvalue weighted by atomic mass is 10.2. The van der Waals surface area contributed by atoms with Crippen molar-refractivity contribution >= 4 is 22.4 Å². The van der Waals surface area contributed by atoms with E-state index >= 15 is 0 Å². The van der Waals surface area contributed by atoms with Gasteiger partial charge in [0.1, 0.15) is 0 Å². The Hall–Kier alpha value is -1.14. The molecule has 1 rings (SSSR count). The molecule has 2 N–H and O–H groups in total. The Kier molecular flexibility index (Phi) is 8.30. The molecule has 120 valence electrons. The van der Waals surface area contributed by atoms with Crippen molar-refractivity contribution in [3.8, 4) is 0 Å². The molecule has 1 aromatic heterocycles. The van der Waals surface area contributed by atoms with Crippen LogP contribution in [0.5, 0.6) is 0 Å². The zero-order valence-corrected chi connectivity index (χ0v) is 14.1. The molecular formula is C15H27N3O2S. The molecule has 0 aliphatic carbocycles. The maximum absolute atomic E-state index is 10.5. The molecule has 0 radical (unpaired) electrons. The molecule has 0 aliphatic heterocycles. The molecule has 0 spiro atoms. The number of thiazole rings is 1. The van der Waals surface area contributed by atoms with Crippen molar-refractivity contribution in [3.63, 3.8) is 0 Å². The molecule has 0 aromatic carbocycles. The summed E-state index contributed by atoms with van der Waals surface area (Å²) in [6.45, 7) is 9.91. The van der Waals surface area contributed by atoms with Gasteiger partial charge in [-0.05, 0) is 39.4 Å². The minimum Gasteiger partial charge on any atom is -0.481 e. The summed E-state index contributed by atoms with van der Waals surface area (Å²) in [5, 5.41) is 14.9. The van der Waals surface area contributed by atoms with Crippen LogP contribution in [-0.2, 0) is 11.2 Å². The number of nitrogens with zero attached hydrogens (tertiary/aromatic N) is 2. The van der Waals surface area contributed by atoms with E-state index < -0.39 is 5.97 Å². The van der Waals surface area contributed by atoms with Crippen molar-refractivity contribution in [2.45, 2.75) is 52.5 Å². The van der Waals surface area contributed by atoms with Crippen LogP contribution in [0.15, 0.2) is 5.38 Å². The van der Waals surface area contributed by atoms with Crippen molar-refractivity contribution < 1.29 is 9.90 Å². The van der Waals surface area contributed by atoms with E-state index in [1.54, 1.807) is 11.3 Å². The highest BCUT2D eigenvalue weighted by Gasteiger charge is 2.08. The summed E-state index contributed by atoms with van der Waals surface area (Å²) in [6, 6.07) is 0.388. The average Bonchev–Trinajstić information content (AvgIpc) is 2.89. The van der Waals surface area contributed by atoms with Gasteiger partial charge in [-0.1, -0.05) is 13.8 Å². The Morgan fingerprint density at radius 3 is 2.81 bits per heavy atom. The number of aromatic nitrogens is 1. The van der Waals surface area contributed by atoms with Crippen molar-refractivity contribution in [2.75, 3.05) is 25.0 Å². The number of anilines is 1. The predicted octanol–water partition coefficient (Wildman–Crippen LogP) is 3.08. The van der Waals surface area contributed by atoms with Crippen LogP contribution in [-0.4, -0.2) is 46.6 Å². The predicted molar refractivity (Wildman–Crippen MR) is 88.2 cm³/mol. The van der Waals surface area contributed by atoms with E-state index in [-0.39, 0.29) is 6.42 Å². The summed E-state index contributed by atoms with van der Waals surface area (Å²) in [7, 11) is 0. The molecule has 1 aromatic rings. The van der Waals surface area contributed by atoms with Crippen molar-refractivity contribution in [2.24, 2.45) is 0 Å². The number of rotatable bonds is 11. The van der Waals surface area contributed by atoms with Gasteiger partial charge in [-0.3, -0.25) is 4.79 Å². The summed E-state index contributed by atoms with van der Waals surface area (Å²) in [5.74, 6) is -0.776. The minimum atomic E-state index is -0.776. The third-order valence-corrected chi connectivity index (χ3v) is 4.34. The zero-order chi connectivity index (χ0) is 15.7. The van der Waals surface area contributed by atoms with Gasteiger partial charge in [-0.15, -0.1) is 11.3 Å². The summed E-state index contributed by atoms with van der Waals surface area (Å²) in [5.41, 5.74) is 0.861. The first-order valence-electron chi connectivity index (χ1n) is 7.70. The molecule has 0 fully saturated rings. The van der Waals surface area contributed by atoms with Gasteiger partial charge in [0.05, 0.1) is 12.1 Å². The summed E-state index contributed by atoms with van der Waals surface area (Å²) in [4.78, 5) is 17.4. The normalized spacial score (nSPS) is 12.6. The van der Waals surface area contributed by atoms with Gasteiger partial charge in [0.25, 0.3) is 0 Å². The standard InChI is InChI=1S/C15H27N3O2S/c1-4-18(5-2)10-6-7-12(3)16-15-17-13(11-21-15)8-9-14(19)20/h11-12H,4-10H2,1-3H3,(H,16,17)(H,19,20). The summed E-state index contributed by atoms with van der Waals surface area (Å²) in [6.07, 6.45) is 2.93. The van der Waals surface area contributed by atoms with Crippen LogP contribution in [0.3, 0.4) is 0 Å². The molecule has 0 saturated heterocycles. The summed E-state index contributed by atoms with van der Waals surface area (Å²) >= 11 is 1.55. The molecule has 0 aliphatic rings. The number of carboxylic acid groups (broad SMARTS) is 1. The molecule has 0 bridgehead atoms. The van der Waals surface area contributed by atoms with Gasteiger partial charge >= 0.3 is 5.97 Å². The lowest BCUT2D eigenvalue weighted by Gasteiger charge is -2.19. The van der Waals surface area contributed by atoms with Crippen LogP contribution in [0.25, 0.3) is 0 Å². The molecule has 1 atom stereocenters. The van der Waals surface area contributed by atoms with Gasteiger partial charge in [-0.2, -0.15) is 0 Å². The van der Waals surface area contributed by atoms with Gasteiger partial charge in [-0.25, -0.2) is 4.98 Å². The fraction of sp³-hybridized carbons (Fsp3) is 0.733. The Bertz CT molecular complexity index is 419. The van der Waals surface area contributed by atoms with Gasteiger partial charge in [0, 0.05) is 17.8 Å². The smallest absolute Gasteiger partial charge is 0.303 e. The molecule has 1 unspecified atom stereocenters. The molecule has 5 nitrogen and oxygen atoms in total. The highest BCUT2D eigenvalue weighted by atomic mass is 32.1. The van der Waals surface area contributed by atoms with Crippen molar-refractivity contribution in [1.82, 2.24) is 9.88 Å². The lowest BCUT2D eigenvalue weighted by Crippen LogP contribution is -2.25. The van der Waals surface area contributed by atoms with Crippen LogP contribution < -0.4 is 5.32 Å². The lowest BCUT2D eigenvalue weighted by molar-refractivity contribution is -0.136. The number of carbonyl (C=O) groups is 1. The van der Waals surface area contributed by atoms with Gasteiger partial charge in [0.15, 0.2) is 5.13 Å². The second kappa shape index (κ2) is 9.73. The molecule has 1 heterocycles. The number of hydrogen-bond donors (Lipinski definition) is 2. The van der Waals surface area contributed by atoms with E-state index in [2.05, 4.69) is 36.0 Å². The van der Waals surface area contributed by atoms with Crippen molar-refractivity contribution in [1.29, 1.82) is 0 Å². The maximum atomic E-state index is 10.5. The number of aryl methyl sites for hydroxylation is 1.